The van der Waals surface area contributed by atoms with E-state index < -0.39 is 392 Å². The zero-order valence-electron chi connectivity index (χ0n) is 83.2. The summed E-state index contributed by atoms with van der Waals surface area (Å²) in [4.78, 5) is 2.34. The summed E-state index contributed by atoms with van der Waals surface area (Å²) >= 11 is 0.385. The van der Waals surface area contributed by atoms with Crippen molar-refractivity contribution in [2.24, 2.45) is 0 Å². The quantitative estimate of drug-likeness (QED) is 0.148. The van der Waals surface area contributed by atoms with Crippen LogP contribution < -0.4 is 36.0 Å². The van der Waals surface area contributed by atoms with Crippen LogP contribution >= 0.6 is 11.3 Å². The van der Waals surface area contributed by atoms with E-state index in [1.165, 1.54) is 0 Å². The molecule has 0 spiro atoms. The summed E-state index contributed by atoms with van der Waals surface area (Å²) in [7, 11) is 0. The summed E-state index contributed by atoms with van der Waals surface area (Å²) in [5.41, 5.74) is -20.2. The molecule has 81 heavy (non-hydrogen) atoms. The van der Waals surface area contributed by atoms with Gasteiger partial charge in [0.1, 0.15) is 0 Å². The van der Waals surface area contributed by atoms with E-state index in [0.717, 1.165) is 9.47 Å². The number of fused-ring (bicyclic) bond motifs is 12. The van der Waals surface area contributed by atoms with Gasteiger partial charge in [-0.25, -0.2) is 0 Å². The largest absolute Gasteiger partial charge is 0.310 e. The van der Waals surface area contributed by atoms with Crippen molar-refractivity contribution >= 4 is 145 Å². The molecule has 16 rings (SSSR count). The predicted octanol–water partition coefficient (Wildman–Crippen LogP) is 19.1. The first-order valence-corrected chi connectivity index (χ1v) is 25.9. The first-order valence-electron chi connectivity index (χ1n) is 45.1. The zero-order chi connectivity index (χ0) is 89.3. The van der Waals surface area contributed by atoms with Gasteiger partial charge in [-0.15, -0.1) is 11.3 Å². The van der Waals surface area contributed by atoms with Crippen molar-refractivity contribution in [1.82, 2.24) is 4.57 Å². The maximum Gasteiger partial charge on any atom is 0.252 e. The maximum atomic E-state index is 11.5. The molecule has 5 heterocycles. The molecule has 0 atom stereocenters. The number of thiophene rings is 1. The monoisotopic (exact) mass is 1100 g/mol. The van der Waals surface area contributed by atoms with Gasteiger partial charge in [0, 0.05) is 71.7 Å². The molecule has 0 fully saturated rings. The fourth-order valence-corrected chi connectivity index (χ4v) is 11.7. The number of para-hydroxylation sites is 5. The minimum absolute atomic E-state index is 0.257. The smallest absolute Gasteiger partial charge is 0.252 e. The number of hydrogen-bond donors (Lipinski definition) is 0. The van der Waals surface area contributed by atoms with Gasteiger partial charge in [-0.1, -0.05) is 181 Å². The molecule has 0 radical (unpaired) electrons. The number of aromatic nitrogens is 1. The Morgan fingerprint density at radius 1 is 0.383 bits per heavy atom. The summed E-state index contributed by atoms with van der Waals surface area (Å²) < 4.78 is 394. The van der Waals surface area contributed by atoms with E-state index in [4.69, 9.17) is 8.22 Å². The Morgan fingerprint density at radius 3 is 1.56 bits per heavy atom. The summed E-state index contributed by atoms with van der Waals surface area (Å²) in [5.74, 6) is 0. The van der Waals surface area contributed by atoms with Gasteiger partial charge in [-0.05, 0) is 141 Å². The first kappa shape index (κ1) is 22.3. The van der Waals surface area contributed by atoms with Crippen LogP contribution in [0.1, 0.15) is 107 Å². The molecule has 388 valence electrons. The highest BCUT2D eigenvalue weighted by Crippen LogP contribution is 2.55. The molecule has 0 unspecified atom stereocenters. The number of hydrogen-bond acceptors (Lipinski definition) is 5. The standard InChI is InChI=1S/C74H58BN5S/c1-73(2,3)47-34-38-51(39-35-47)76(52-40-36-48(37-41-52)74(4,5)6)53-42-43-59-65(44-53)78(64-32-18-27-58-56-25-14-16-33-68(56)81-72(58)64)66-45-54(77(49-20-9-7-10-21-49)50-22-11-8-12-23-50)46-67-69(66)75(59)60-28-19-31-63-71(60)80(67)62-30-17-26-57-55-24-13-15-29-61(55)79(63)70(57)62/h7-46H,1-6H3/i7D,8D,9D,10D,11D,12D,13D,14D,15D,16D,17D,18D,19D,20D,21D,22D,23D,24D,25D,26D,27D,28D,29D,30D,31D,32D,33D,34D,35D,36D,37D,38D,39D,40D,41D,42D,43D,44D,45D,46D. The molecule has 0 amide bonds. The van der Waals surface area contributed by atoms with E-state index in [-0.39, 0.29) is 11.1 Å². The fourth-order valence-electron chi connectivity index (χ4n) is 10.6. The third-order valence-electron chi connectivity index (χ3n) is 14.2. The lowest BCUT2D eigenvalue weighted by Gasteiger charge is -2.47. The molecular weight excluding hydrogens is 1000 g/mol. The van der Waals surface area contributed by atoms with Gasteiger partial charge in [0.25, 0.3) is 6.71 Å². The van der Waals surface area contributed by atoms with Crippen LogP contribution in [0.5, 0.6) is 0 Å². The summed E-state index contributed by atoms with van der Waals surface area (Å²) in [6, 6.07) is -43.3. The molecule has 5 nitrogen and oxygen atoms in total. The molecule has 7 heteroatoms. The maximum absolute atomic E-state index is 11.5. The van der Waals surface area contributed by atoms with E-state index >= 15 is 0 Å². The van der Waals surface area contributed by atoms with Gasteiger partial charge < -0.3 is 24.2 Å². The Kier molecular flexibility index (Phi) is 4.85. The van der Waals surface area contributed by atoms with Crippen LogP contribution in [0.25, 0.3) is 47.7 Å². The van der Waals surface area contributed by atoms with Crippen molar-refractivity contribution < 1.29 is 54.8 Å². The molecule has 3 aliphatic heterocycles. The second-order valence-corrected chi connectivity index (χ2v) is 22.1. The Labute approximate surface area is 534 Å². The van der Waals surface area contributed by atoms with Crippen LogP contribution in [-0.4, -0.2) is 11.3 Å². The van der Waals surface area contributed by atoms with Gasteiger partial charge in [-0.3, -0.25) is 0 Å². The topological polar surface area (TPSA) is 17.9 Å². The fraction of sp³-hybridized carbons (Fsp3) is 0.108. The minimum atomic E-state index is -2.45. The second kappa shape index (κ2) is 17.6. The molecule has 11 aromatic carbocycles. The van der Waals surface area contributed by atoms with Crippen molar-refractivity contribution in [3.63, 3.8) is 0 Å². The molecule has 2 aromatic heterocycles. The van der Waals surface area contributed by atoms with E-state index in [2.05, 4.69) is 0 Å². The lowest BCUT2D eigenvalue weighted by molar-refractivity contribution is 0.590. The van der Waals surface area contributed by atoms with Crippen molar-refractivity contribution in [2.75, 3.05) is 19.6 Å². The lowest BCUT2D eigenvalue weighted by Crippen LogP contribution is -2.61. The van der Waals surface area contributed by atoms with Crippen molar-refractivity contribution in [2.45, 2.75) is 52.4 Å². The molecule has 3 aliphatic rings. The number of nitrogens with zero attached hydrogens (tertiary/aromatic N) is 5. The Bertz CT molecular complexity index is 6900. The van der Waals surface area contributed by atoms with Crippen LogP contribution in [0.15, 0.2) is 242 Å². The van der Waals surface area contributed by atoms with Crippen molar-refractivity contribution in [3.8, 4) is 5.69 Å². The lowest BCUT2D eigenvalue weighted by atomic mass is 9.33. The molecule has 0 saturated heterocycles. The van der Waals surface area contributed by atoms with Crippen molar-refractivity contribution in [1.29, 1.82) is 0 Å². The van der Waals surface area contributed by atoms with E-state index in [1.54, 1.807) is 41.5 Å². The zero-order valence-corrected chi connectivity index (χ0v) is 44.0. The van der Waals surface area contributed by atoms with Crippen molar-refractivity contribution in [3.05, 3.63) is 253 Å². The Balaban J connectivity index is 1.26. The Hall–Kier alpha value is -9.30. The molecule has 0 aliphatic carbocycles. The van der Waals surface area contributed by atoms with Crippen LogP contribution in [0, 0.1) is 0 Å². The average molecular weight is 1100 g/mol. The van der Waals surface area contributed by atoms with Gasteiger partial charge in [0.2, 0.25) is 0 Å². The highest BCUT2D eigenvalue weighted by molar-refractivity contribution is 7.26. The third-order valence-corrected chi connectivity index (χ3v) is 15.3. The molecule has 0 saturated carbocycles. The van der Waals surface area contributed by atoms with Crippen LogP contribution in [0.2, 0.25) is 0 Å². The second-order valence-electron chi connectivity index (χ2n) is 21.1. The third kappa shape index (κ3) is 7.17. The summed E-state index contributed by atoms with van der Waals surface area (Å²) in [6.45, 7) is 6.79. The van der Waals surface area contributed by atoms with Crippen LogP contribution in [-0.2, 0) is 10.8 Å². The molecule has 0 N–H and O–H groups in total. The first-order chi connectivity index (χ1) is 56.2. The predicted molar refractivity (Wildman–Crippen MR) is 348 cm³/mol. The SMILES string of the molecule is [2H]c1c([2H])c([2H])c(N(c2c([2H])c([2H])c([2H])c([2H])c2[2H])c2c([2H])c3c4c(c2[2H])N2c5c(c([2H])c([2H])c([2H])c5-n5c6c([2H])c([2H])c([2H])c([2H])c6c6c([2H])c([2H])c([2H])c2c65)B4c2c([2H])c([2H])c(N(c4c([2H])c([2H])c(C(C)(C)C)c([2H])c4[2H])c4c([2H])c([2H])c(C(C)(C)C)c([2H])c4[2H])c([2H])c2N3c2c([2H])c([2H])c([2H])c3c2sc2c([2H])c([2H])c([2H])c([2H])c23)c([2H])c1[2H]. The number of benzene rings is 11. The van der Waals surface area contributed by atoms with E-state index in [9.17, 15) is 46.6 Å². The normalized spacial score (nSPS) is 20.1. The molecule has 0 bridgehead atoms. The molecular formula is C74H58BN5S. The summed E-state index contributed by atoms with van der Waals surface area (Å²) in [6.07, 6.45) is 0. The molecule has 13 aromatic rings. The van der Waals surface area contributed by atoms with Gasteiger partial charge in [0.05, 0.1) is 99.0 Å². The van der Waals surface area contributed by atoms with E-state index in [1.807, 2.05) is 0 Å². The minimum Gasteiger partial charge on any atom is -0.310 e. The number of anilines is 12. The van der Waals surface area contributed by atoms with E-state index in [0.29, 0.717) is 26.0 Å². The highest BCUT2D eigenvalue weighted by atomic mass is 32.1. The highest BCUT2D eigenvalue weighted by Gasteiger charge is 2.47. The van der Waals surface area contributed by atoms with Gasteiger partial charge in [-0.2, -0.15) is 0 Å². The number of rotatable bonds is 7. The van der Waals surface area contributed by atoms with Gasteiger partial charge >= 0.3 is 0 Å². The van der Waals surface area contributed by atoms with Crippen LogP contribution in [0.4, 0.5) is 68.2 Å². The summed E-state index contributed by atoms with van der Waals surface area (Å²) in [5, 5.41) is -2.26. The Morgan fingerprint density at radius 2 is 0.889 bits per heavy atom. The van der Waals surface area contributed by atoms with Gasteiger partial charge in [0.15, 0.2) is 0 Å². The average Bonchev–Trinajstić information content (AvgIpc) is 1.64. The van der Waals surface area contributed by atoms with Crippen LogP contribution in [0.3, 0.4) is 0 Å².